The Balaban J connectivity index is 0.000000490. The molecule has 0 saturated carbocycles. The monoisotopic (exact) mass is 153 g/mol. The van der Waals surface area contributed by atoms with Gasteiger partial charge in [0, 0.05) is 6.04 Å². The molecule has 2 N–H and O–H groups in total. The molecule has 1 aliphatic rings. The molecule has 0 aromatic carbocycles. The fraction of sp³-hybridized carbons (Fsp3) is 1.00. The smallest absolute Gasteiger partial charge is 0.00545 e. The second-order valence-electron chi connectivity index (χ2n) is 2.16. The molecule has 1 nitrogen and oxygen atoms in total. The number of thioether (sulfide) groups is 1. The molecule has 0 aromatic heterocycles. The van der Waals surface area contributed by atoms with Crippen molar-refractivity contribution in [1.82, 2.24) is 0 Å². The van der Waals surface area contributed by atoms with Crippen molar-refractivity contribution in [3.63, 3.8) is 0 Å². The summed E-state index contributed by atoms with van der Waals surface area (Å²) in [5, 5.41) is 0. The standard InChI is InChI=1S/C5H11NS.ClH/c1-4(6)5-2-7-3-5;/h4-5H,2-3,6H2,1H3;1H. The van der Waals surface area contributed by atoms with E-state index in [-0.39, 0.29) is 12.4 Å². The van der Waals surface area contributed by atoms with Crippen LogP contribution in [0.15, 0.2) is 0 Å². The van der Waals surface area contributed by atoms with E-state index in [9.17, 15) is 0 Å². The Morgan fingerprint density at radius 1 is 1.62 bits per heavy atom. The Hall–Kier alpha value is 0.600. The Bertz CT molecular complexity index is 63.4. The van der Waals surface area contributed by atoms with Gasteiger partial charge in [-0.2, -0.15) is 11.8 Å². The number of rotatable bonds is 1. The van der Waals surface area contributed by atoms with Crippen LogP contribution in [0.5, 0.6) is 0 Å². The second kappa shape index (κ2) is 3.59. The normalized spacial score (nSPS) is 23.2. The van der Waals surface area contributed by atoms with Crippen LogP contribution in [0.2, 0.25) is 0 Å². The van der Waals surface area contributed by atoms with Gasteiger partial charge in [0.1, 0.15) is 0 Å². The lowest BCUT2D eigenvalue weighted by Gasteiger charge is -2.27. The predicted molar refractivity (Wildman–Crippen MR) is 41.7 cm³/mol. The summed E-state index contributed by atoms with van der Waals surface area (Å²) < 4.78 is 0. The van der Waals surface area contributed by atoms with Crippen molar-refractivity contribution in [2.75, 3.05) is 11.5 Å². The molecule has 1 rings (SSSR count). The van der Waals surface area contributed by atoms with Crippen LogP contribution in [-0.4, -0.2) is 17.5 Å². The van der Waals surface area contributed by atoms with E-state index >= 15 is 0 Å². The van der Waals surface area contributed by atoms with E-state index in [2.05, 4.69) is 6.92 Å². The molecular formula is C5H12ClNS. The van der Waals surface area contributed by atoms with Crippen molar-refractivity contribution in [3.8, 4) is 0 Å². The topological polar surface area (TPSA) is 26.0 Å². The summed E-state index contributed by atoms with van der Waals surface area (Å²) in [5.41, 5.74) is 5.58. The van der Waals surface area contributed by atoms with Crippen LogP contribution < -0.4 is 5.73 Å². The SMILES string of the molecule is CC(N)C1CSC1.Cl. The highest BCUT2D eigenvalue weighted by atomic mass is 35.5. The number of nitrogens with two attached hydrogens (primary N) is 1. The van der Waals surface area contributed by atoms with Gasteiger partial charge in [0.05, 0.1) is 0 Å². The van der Waals surface area contributed by atoms with Gasteiger partial charge in [-0.1, -0.05) is 0 Å². The molecule has 1 fully saturated rings. The van der Waals surface area contributed by atoms with Gasteiger partial charge < -0.3 is 5.73 Å². The van der Waals surface area contributed by atoms with Crippen LogP contribution in [0.1, 0.15) is 6.92 Å². The first-order chi connectivity index (χ1) is 3.30. The zero-order valence-corrected chi connectivity index (χ0v) is 6.60. The summed E-state index contributed by atoms with van der Waals surface area (Å²) in [4.78, 5) is 0. The van der Waals surface area contributed by atoms with Crippen molar-refractivity contribution in [1.29, 1.82) is 0 Å². The van der Waals surface area contributed by atoms with E-state index in [1.807, 2.05) is 11.8 Å². The first-order valence-corrected chi connectivity index (χ1v) is 3.79. The van der Waals surface area contributed by atoms with E-state index in [1.165, 1.54) is 11.5 Å². The molecule has 1 saturated heterocycles. The summed E-state index contributed by atoms with van der Waals surface area (Å²) in [6.07, 6.45) is 0. The summed E-state index contributed by atoms with van der Waals surface area (Å²) in [7, 11) is 0. The average Bonchev–Trinajstić information content (AvgIpc) is 1.23. The molecule has 0 aromatic rings. The van der Waals surface area contributed by atoms with Crippen LogP contribution in [0.4, 0.5) is 0 Å². The highest BCUT2D eigenvalue weighted by molar-refractivity contribution is 8.00. The lowest BCUT2D eigenvalue weighted by atomic mass is 10.1. The predicted octanol–water partition coefficient (Wildman–Crippen LogP) is 1.12. The van der Waals surface area contributed by atoms with E-state index < -0.39 is 0 Å². The van der Waals surface area contributed by atoms with E-state index in [4.69, 9.17) is 5.73 Å². The molecule has 0 aliphatic carbocycles. The molecule has 50 valence electrons. The molecule has 1 atom stereocenters. The van der Waals surface area contributed by atoms with Crippen molar-refractivity contribution < 1.29 is 0 Å². The third-order valence-electron chi connectivity index (χ3n) is 1.41. The zero-order chi connectivity index (χ0) is 5.28. The number of halogens is 1. The largest absolute Gasteiger partial charge is 0.328 e. The summed E-state index contributed by atoms with van der Waals surface area (Å²) in [6, 6.07) is 0.432. The molecule has 8 heavy (non-hydrogen) atoms. The Morgan fingerprint density at radius 3 is 2.12 bits per heavy atom. The Labute approximate surface area is 60.8 Å². The maximum absolute atomic E-state index is 5.58. The third kappa shape index (κ3) is 1.84. The molecular weight excluding hydrogens is 142 g/mol. The van der Waals surface area contributed by atoms with Gasteiger partial charge in [-0.05, 0) is 24.3 Å². The van der Waals surface area contributed by atoms with Gasteiger partial charge in [-0.15, -0.1) is 12.4 Å². The maximum Gasteiger partial charge on any atom is 0.00545 e. The van der Waals surface area contributed by atoms with Crippen LogP contribution in [0.25, 0.3) is 0 Å². The molecule has 0 spiro atoms. The molecule has 0 amide bonds. The molecule has 1 aliphatic heterocycles. The Kier molecular flexibility index (Phi) is 3.86. The summed E-state index contributed by atoms with van der Waals surface area (Å²) in [5.74, 6) is 3.40. The van der Waals surface area contributed by atoms with E-state index in [0.29, 0.717) is 6.04 Å². The average molecular weight is 154 g/mol. The summed E-state index contributed by atoms with van der Waals surface area (Å²) >= 11 is 1.99. The van der Waals surface area contributed by atoms with Crippen molar-refractivity contribution in [2.45, 2.75) is 13.0 Å². The number of hydrogen-bond donors (Lipinski definition) is 1. The van der Waals surface area contributed by atoms with Crippen LogP contribution in [0.3, 0.4) is 0 Å². The van der Waals surface area contributed by atoms with Crippen molar-refractivity contribution in [2.24, 2.45) is 11.7 Å². The molecule has 1 unspecified atom stereocenters. The summed E-state index contributed by atoms with van der Waals surface area (Å²) in [6.45, 7) is 2.09. The molecule has 0 radical (unpaired) electrons. The van der Waals surface area contributed by atoms with Crippen molar-refractivity contribution in [3.05, 3.63) is 0 Å². The molecule has 3 heteroatoms. The van der Waals surface area contributed by atoms with Gasteiger partial charge >= 0.3 is 0 Å². The first-order valence-electron chi connectivity index (χ1n) is 2.64. The molecule has 1 heterocycles. The fourth-order valence-electron chi connectivity index (χ4n) is 0.557. The number of hydrogen-bond acceptors (Lipinski definition) is 2. The van der Waals surface area contributed by atoms with Gasteiger partial charge in [-0.3, -0.25) is 0 Å². The highest BCUT2D eigenvalue weighted by Gasteiger charge is 2.20. The fourth-order valence-corrected chi connectivity index (χ4v) is 1.67. The minimum Gasteiger partial charge on any atom is -0.328 e. The van der Waals surface area contributed by atoms with Crippen molar-refractivity contribution >= 4 is 24.2 Å². The van der Waals surface area contributed by atoms with Gasteiger partial charge in [0.2, 0.25) is 0 Å². The van der Waals surface area contributed by atoms with Gasteiger partial charge in [0.25, 0.3) is 0 Å². The minimum atomic E-state index is 0. The molecule has 0 bridgehead atoms. The van der Waals surface area contributed by atoms with Crippen LogP contribution in [0, 0.1) is 5.92 Å². The quantitative estimate of drug-likeness (QED) is 0.611. The lowest BCUT2D eigenvalue weighted by Crippen LogP contribution is -2.35. The van der Waals surface area contributed by atoms with Gasteiger partial charge in [-0.25, -0.2) is 0 Å². The van der Waals surface area contributed by atoms with Crippen LogP contribution >= 0.6 is 24.2 Å². The first kappa shape index (κ1) is 8.60. The third-order valence-corrected chi connectivity index (χ3v) is 2.74. The van der Waals surface area contributed by atoms with E-state index in [1.54, 1.807) is 0 Å². The Morgan fingerprint density at radius 2 is 2.12 bits per heavy atom. The zero-order valence-electron chi connectivity index (χ0n) is 4.96. The lowest BCUT2D eigenvalue weighted by molar-refractivity contribution is 0.523. The van der Waals surface area contributed by atoms with E-state index in [0.717, 1.165) is 5.92 Å². The highest BCUT2D eigenvalue weighted by Crippen LogP contribution is 2.25. The van der Waals surface area contributed by atoms with Crippen LogP contribution in [-0.2, 0) is 0 Å². The van der Waals surface area contributed by atoms with Gasteiger partial charge in [0.15, 0.2) is 0 Å². The second-order valence-corrected chi connectivity index (χ2v) is 3.23. The minimum absolute atomic E-state index is 0. The maximum atomic E-state index is 5.58.